The monoisotopic (exact) mass is 172 g/mol. The first kappa shape index (κ1) is 8.38. The van der Waals surface area contributed by atoms with Gasteiger partial charge >= 0.3 is 24.4 Å². The fourth-order valence-electron chi connectivity index (χ4n) is 0.784. The molecule has 1 heterocycles. The maximum Gasteiger partial charge on any atom is 0.328 e. The molecule has 1 aliphatic rings. The summed E-state index contributed by atoms with van der Waals surface area (Å²) >= 11 is 0. The Morgan fingerprint density at radius 3 is 2.67 bits per heavy atom. The Balaban J connectivity index is 2.63. The van der Waals surface area contributed by atoms with Gasteiger partial charge < -0.3 is 9.47 Å². The number of ether oxygens (including phenoxy) is 2. The summed E-state index contributed by atoms with van der Waals surface area (Å²) in [7, 11) is 0. The molecule has 1 fully saturated rings. The Bertz CT molecular complexity index is 255. The van der Waals surface area contributed by atoms with E-state index in [1.54, 1.807) is 0 Å². The number of carbonyl (C=O) groups excluding carboxylic acids is 4. The summed E-state index contributed by atoms with van der Waals surface area (Å²) in [4.78, 5) is 41.4. The fourth-order valence-corrected chi connectivity index (χ4v) is 0.784. The first-order valence-electron chi connectivity index (χ1n) is 3.04. The molecule has 0 aliphatic carbocycles. The van der Waals surface area contributed by atoms with Crippen LogP contribution in [0.4, 0.5) is 0 Å². The van der Waals surface area contributed by atoms with E-state index in [4.69, 9.17) is 0 Å². The van der Waals surface area contributed by atoms with Gasteiger partial charge in [-0.05, 0) is 0 Å². The molecule has 1 atom stereocenters. The third-order valence-corrected chi connectivity index (χ3v) is 1.32. The Hall–Kier alpha value is -1.72. The molecule has 1 aliphatic heterocycles. The molecule has 0 radical (unpaired) electrons. The highest BCUT2D eigenvalue weighted by Gasteiger charge is 2.40. The summed E-state index contributed by atoms with van der Waals surface area (Å²) in [5.74, 6) is -4.08. The zero-order valence-electron chi connectivity index (χ0n) is 5.81. The van der Waals surface area contributed by atoms with E-state index >= 15 is 0 Å². The lowest BCUT2D eigenvalue weighted by Gasteiger charge is -1.97. The molecule has 1 rings (SSSR count). The number of hydrogen-bond acceptors (Lipinski definition) is 6. The van der Waals surface area contributed by atoms with E-state index in [0.29, 0.717) is 0 Å². The van der Waals surface area contributed by atoms with Crippen LogP contribution in [0.25, 0.3) is 0 Å². The first-order chi connectivity index (χ1) is 5.65. The number of rotatable bonds is 2. The first-order valence-corrected chi connectivity index (χ1v) is 3.04. The summed E-state index contributed by atoms with van der Waals surface area (Å²) in [5, 5.41) is 0. The van der Waals surface area contributed by atoms with Crippen LogP contribution in [-0.4, -0.2) is 24.4 Å². The van der Waals surface area contributed by atoms with E-state index in [1.165, 1.54) is 0 Å². The second kappa shape index (κ2) is 3.12. The smallest absolute Gasteiger partial charge is 0.328 e. The minimum Gasteiger partial charge on any atom is -0.395 e. The van der Waals surface area contributed by atoms with Gasteiger partial charge in [0.05, 0.1) is 6.42 Å². The normalized spacial score (nSPS) is 21.8. The van der Waals surface area contributed by atoms with Gasteiger partial charge in [0.2, 0.25) is 0 Å². The molecule has 0 bridgehead atoms. The Morgan fingerprint density at radius 1 is 1.58 bits per heavy atom. The van der Waals surface area contributed by atoms with Gasteiger partial charge in [0.1, 0.15) is 0 Å². The van der Waals surface area contributed by atoms with E-state index in [1.807, 2.05) is 0 Å². The van der Waals surface area contributed by atoms with Gasteiger partial charge in [-0.2, -0.15) is 0 Å². The molecule has 1 unspecified atom stereocenters. The van der Waals surface area contributed by atoms with Crippen LogP contribution in [0.2, 0.25) is 0 Å². The SMILES string of the molecule is O=COC(=O)C1CC(=O)OC1=O. The number of cyclic esters (lactones) is 2. The van der Waals surface area contributed by atoms with Crippen molar-refractivity contribution >= 4 is 24.4 Å². The summed E-state index contributed by atoms with van der Waals surface area (Å²) in [6, 6.07) is 0. The van der Waals surface area contributed by atoms with Crippen LogP contribution in [0.3, 0.4) is 0 Å². The molecule has 0 spiro atoms. The molecule has 0 saturated carbocycles. The fraction of sp³-hybridized carbons (Fsp3) is 0.333. The van der Waals surface area contributed by atoms with Gasteiger partial charge in [-0.1, -0.05) is 0 Å². The Morgan fingerprint density at radius 2 is 2.25 bits per heavy atom. The third-order valence-electron chi connectivity index (χ3n) is 1.32. The van der Waals surface area contributed by atoms with Gasteiger partial charge in [0, 0.05) is 0 Å². The molecule has 64 valence electrons. The second-order valence-electron chi connectivity index (χ2n) is 2.08. The van der Waals surface area contributed by atoms with Crippen molar-refractivity contribution in [2.75, 3.05) is 0 Å². The molecule has 0 aromatic heterocycles. The zero-order valence-corrected chi connectivity index (χ0v) is 5.81. The van der Waals surface area contributed by atoms with Crippen LogP contribution in [0.5, 0.6) is 0 Å². The van der Waals surface area contributed by atoms with E-state index in [9.17, 15) is 19.2 Å². The molecule has 0 amide bonds. The zero-order chi connectivity index (χ0) is 9.14. The molecule has 0 N–H and O–H groups in total. The van der Waals surface area contributed by atoms with Crippen molar-refractivity contribution < 1.29 is 28.7 Å². The highest BCUT2D eigenvalue weighted by atomic mass is 16.6. The Kier molecular flexibility index (Phi) is 2.18. The maximum atomic E-state index is 10.7. The van der Waals surface area contributed by atoms with Crippen LogP contribution in [-0.2, 0) is 28.7 Å². The molecular formula is C6H4O6. The second-order valence-corrected chi connectivity index (χ2v) is 2.08. The quantitative estimate of drug-likeness (QED) is 0.294. The van der Waals surface area contributed by atoms with Crippen molar-refractivity contribution in [3.8, 4) is 0 Å². The predicted octanol–water partition coefficient (Wildman–Crippen LogP) is -1.22. The molecule has 0 aromatic carbocycles. The lowest BCUT2D eigenvalue weighted by Crippen LogP contribution is -2.21. The predicted molar refractivity (Wildman–Crippen MR) is 31.4 cm³/mol. The summed E-state index contributed by atoms with van der Waals surface area (Å²) in [6.45, 7) is -0.0988. The number of esters is 3. The van der Waals surface area contributed by atoms with Crippen LogP contribution in [0, 0.1) is 5.92 Å². The average Bonchev–Trinajstić information content (AvgIpc) is 2.30. The van der Waals surface area contributed by atoms with E-state index in [2.05, 4.69) is 9.47 Å². The van der Waals surface area contributed by atoms with Crippen LogP contribution in [0.1, 0.15) is 6.42 Å². The highest BCUT2D eigenvalue weighted by Crippen LogP contribution is 2.16. The minimum absolute atomic E-state index is 0.0988. The highest BCUT2D eigenvalue weighted by molar-refractivity contribution is 6.07. The molecule has 0 aromatic rings. The molecule has 12 heavy (non-hydrogen) atoms. The number of carbonyl (C=O) groups is 4. The topological polar surface area (TPSA) is 86.7 Å². The van der Waals surface area contributed by atoms with Crippen molar-refractivity contribution in [2.24, 2.45) is 5.92 Å². The van der Waals surface area contributed by atoms with Crippen molar-refractivity contribution in [1.29, 1.82) is 0 Å². The van der Waals surface area contributed by atoms with Gasteiger partial charge in [0.15, 0.2) is 5.92 Å². The average molecular weight is 172 g/mol. The molecule has 1 saturated heterocycles. The largest absolute Gasteiger partial charge is 0.395 e. The molecule has 6 nitrogen and oxygen atoms in total. The Labute approximate surface area is 66.4 Å². The lowest BCUT2D eigenvalue weighted by molar-refractivity contribution is -0.159. The maximum absolute atomic E-state index is 10.7. The van der Waals surface area contributed by atoms with Crippen molar-refractivity contribution in [3.05, 3.63) is 0 Å². The van der Waals surface area contributed by atoms with Gasteiger partial charge in [0.25, 0.3) is 0 Å². The van der Waals surface area contributed by atoms with E-state index in [0.717, 1.165) is 0 Å². The van der Waals surface area contributed by atoms with Gasteiger partial charge in [-0.15, -0.1) is 0 Å². The van der Waals surface area contributed by atoms with E-state index in [-0.39, 0.29) is 12.9 Å². The van der Waals surface area contributed by atoms with Crippen molar-refractivity contribution in [1.82, 2.24) is 0 Å². The lowest BCUT2D eigenvalue weighted by atomic mass is 10.1. The van der Waals surface area contributed by atoms with Crippen LogP contribution >= 0.6 is 0 Å². The molecule has 6 heteroatoms. The summed E-state index contributed by atoms with van der Waals surface area (Å²) < 4.78 is 7.92. The summed E-state index contributed by atoms with van der Waals surface area (Å²) in [6.07, 6.45) is -0.356. The van der Waals surface area contributed by atoms with Gasteiger partial charge in [-0.3, -0.25) is 19.2 Å². The number of hydrogen-bond donors (Lipinski definition) is 0. The van der Waals surface area contributed by atoms with Crippen molar-refractivity contribution in [3.63, 3.8) is 0 Å². The van der Waals surface area contributed by atoms with Crippen molar-refractivity contribution in [2.45, 2.75) is 6.42 Å². The van der Waals surface area contributed by atoms with Gasteiger partial charge in [-0.25, -0.2) is 0 Å². The minimum atomic E-state index is -1.28. The third kappa shape index (κ3) is 1.47. The summed E-state index contributed by atoms with van der Waals surface area (Å²) in [5.41, 5.74) is 0. The molecular weight excluding hydrogens is 168 g/mol. The standard InChI is InChI=1S/C6H4O6/c7-2-11-5(9)3-1-4(8)12-6(3)10/h2-3H,1H2. The van der Waals surface area contributed by atoms with Crippen LogP contribution < -0.4 is 0 Å². The van der Waals surface area contributed by atoms with E-state index < -0.39 is 23.8 Å². The van der Waals surface area contributed by atoms with Crippen LogP contribution in [0.15, 0.2) is 0 Å².